The van der Waals surface area contributed by atoms with Crippen molar-refractivity contribution in [3.8, 4) is 5.75 Å². The van der Waals surface area contributed by atoms with Crippen LogP contribution in [-0.4, -0.2) is 23.9 Å². The van der Waals surface area contributed by atoms with Crippen molar-refractivity contribution in [1.82, 2.24) is 0 Å². The number of nitrogens with one attached hydrogen (secondary N) is 1. The van der Waals surface area contributed by atoms with Crippen molar-refractivity contribution in [3.05, 3.63) is 95.6 Å². The molecule has 0 spiro atoms. The molecule has 0 aliphatic rings. The third kappa shape index (κ3) is 4.08. The Morgan fingerprint density at radius 2 is 1.54 bits per heavy atom. The van der Waals surface area contributed by atoms with E-state index in [9.17, 15) is 4.79 Å². The molecule has 0 amide bonds. The number of anilines is 1. The van der Waals surface area contributed by atoms with Gasteiger partial charge in [0.2, 0.25) is 0 Å². The Morgan fingerprint density at radius 1 is 0.885 bits per heavy atom. The molecule has 26 heavy (non-hydrogen) atoms. The van der Waals surface area contributed by atoms with E-state index in [1.54, 1.807) is 31.4 Å². The van der Waals surface area contributed by atoms with E-state index in [1.807, 2.05) is 54.6 Å². The van der Waals surface area contributed by atoms with Gasteiger partial charge in [0.1, 0.15) is 5.75 Å². The zero-order chi connectivity index (χ0) is 18.4. The first kappa shape index (κ1) is 17.2. The molecule has 0 atom stereocenters. The van der Waals surface area contributed by atoms with Gasteiger partial charge in [0.25, 0.3) is 0 Å². The normalized spacial score (nSPS) is 11.0. The van der Waals surface area contributed by atoms with Gasteiger partial charge in [-0.3, -0.25) is 5.43 Å². The molecule has 0 aromatic heterocycles. The van der Waals surface area contributed by atoms with Crippen LogP contribution in [0.15, 0.2) is 84.0 Å². The SMILES string of the molecule is COc1ccc(/C(=N/Nc2cccc(C(=O)O)c2)c2ccccc2)cc1. The molecule has 0 fully saturated rings. The summed E-state index contributed by atoms with van der Waals surface area (Å²) < 4.78 is 5.21. The van der Waals surface area contributed by atoms with Crippen molar-refractivity contribution in [2.24, 2.45) is 5.10 Å². The highest BCUT2D eigenvalue weighted by atomic mass is 16.5. The zero-order valence-electron chi connectivity index (χ0n) is 14.2. The summed E-state index contributed by atoms with van der Waals surface area (Å²) in [5.74, 6) is -0.209. The molecule has 0 aliphatic carbocycles. The third-order valence-electron chi connectivity index (χ3n) is 3.82. The first-order valence-corrected chi connectivity index (χ1v) is 8.04. The highest BCUT2D eigenvalue weighted by Gasteiger charge is 2.08. The third-order valence-corrected chi connectivity index (χ3v) is 3.82. The lowest BCUT2D eigenvalue weighted by Crippen LogP contribution is -2.07. The van der Waals surface area contributed by atoms with Gasteiger partial charge in [-0.2, -0.15) is 5.10 Å². The molecule has 0 heterocycles. The van der Waals surface area contributed by atoms with Gasteiger partial charge in [-0.05, 0) is 42.5 Å². The zero-order valence-corrected chi connectivity index (χ0v) is 14.2. The summed E-state index contributed by atoms with van der Waals surface area (Å²) in [5, 5.41) is 13.6. The predicted molar refractivity (Wildman–Crippen MR) is 102 cm³/mol. The lowest BCUT2D eigenvalue weighted by Gasteiger charge is -2.10. The second-order valence-corrected chi connectivity index (χ2v) is 5.55. The number of rotatable bonds is 6. The molecule has 5 nitrogen and oxygen atoms in total. The van der Waals surface area contributed by atoms with Crippen LogP contribution in [0.25, 0.3) is 0 Å². The van der Waals surface area contributed by atoms with E-state index in [-0.39, 0.29) is 5.56 Å². The van der Waals surface area contributed by atoms with Crippen molar-refractivity contribution in [2.75, 3.05) is 12.5 Å². The highest BCUT2D eigenvalue weighted by Crippen LogP contribution is 2.17. The van der Waals surface area contributed by atoms with Gasteiger partial charge < -0.3 is 9.84 Å². The largest absolute Gasteiger partial charge is 0.497 e. The number of hydrazone groups is 1. The summed E-state index contributed by atoms with van der Waals surface area (Å²) in [5.41, 5.74) is 6.37. The van der Waals surface area contributed by atoms with Crippen LogP contribution in [0.1, 0.15) is 21.5 Å². The minimum absolute atomic E-state index is 0.205. The van der Waals surface area contributed by atoms with Crippen LogP contribution >= 0.6 is 0 Å². The second kappa shape index (κ2) is 7.98. The fourth-order valence-electron chi connectivity index (χ4n) is 2.48. The fraction of sp³-hybridized carbons (Fsp3) is 0.0476. The standard InChI is InChI=1S/C21H18N2O3/c1-26-19-12-10-16(11-13-19)20(15-6-3-2-4-7-15)23-22-18-9-5-8-17(14-18)21(24)25/h2-14,22H,1H3,(H,24,25)/b23-20+. The Labute approximate surface area is 151 Å². The Balaban J connectivity index is 1.96. The predicted octanol–water partition coefficient (Wildman–Crippen LogP) is 4.26. The quantitative estimate of drug-likeness (QED) is 0.517. The molecule has 130 valence electrons. The van der Waals surface area contributed by atoms with Crippen molar-refractivity contribution in [1.29, 1.82) is 0 Å². The van der Waals surface area contributed by atoms with E-state index < -0.39 is 5.97 Å². The van der Waals surface area contributed by atoms with E-state index in [2.05, 4.69) is 10.5 Å². The summed E-state index contributed by atoms with van der Waals surface area (Å²) in [6.07, 6.45) is 0. The van der Waals surface area contributed by atoms with Crippen molar-refractivity contribution >= 4 is 17.4 Å². The maximum atomic E-state index is 11.1. The molecule has 0 bridgehead atoms. The first-order valence-electron chi connectivity index (χ1n) is 8.04. The van der Waals surface area contributed by atoms with Gasteiger partial charge in [0.05, 0.1) is 24.1 Å². The number of carboxylic acid groups (broad SMARTS) is 1. The Kier molecular flexibility index (Phi) is 5.29. The van der Waals surface area contributed by atoms with Gasteiger partial charge in [0, 0.05) is 11.1 Å². The van der Waals surface area contributed by atoms with Gasteiger partial charge in [-0.25, -0.2) is 4.79 Å². The molecule has 0 radical (unpaired) electrons. The Morgan fingerprint density at radius 3 is 2.19 bits per heavy atom. The molecule has 5 heteroatoms. The molecule has 0 saturated heterocycles. The van der Waals surface area contributed by atoms with E-state index in [1.165, 1.54) is 0 Å². The molecule has 0 aliphatic heterocycles. The summed E-state index contributed by atoms with van der Waals surface area (Å²) >= 11 is 0. The molecule has 3 aromatic carbocycles. The highest BCUT2D eigenvalue weighted by molar-refractivity contribution is 6.13. The van der Waals surface area contributed by atoms with Crippen molar-refractivity contribution in [3.63, 3.8) is 0 Å². The van der Waals surface area contributed by atoms with E-state index in [0.717, 1.165) is 22.6 Å². The molecule has 3 aromatic rings. The van der Waals surface area contributed by atoms with Crippen LogP contribution in [-0.2, 0) is 0 Å². The number of ether oxygens (including phenoxy) is 1. The molecular weight excluding hydrogens is 328 g/mol. The van der Waals surface area contributed by atoms with Crippen molar-refractivity contribution in [2.45, 2.75) is 0 Å². The number of benzene rings is 3. The number of carboxylic acids is 1. The average molecular weight is 346 g/mol. The lowest BCUT2D eigenvalue weighted by molar-refractivity contribution is 0.0697. The van der Waals surface area contributed by atoms with Gasteiger partial charge in [0.15, 0.2) is 0 Å². The van der Waals surface area contributed by atoms with Gasteiger partial charge >= 0.3 is 5.97 Å². The summed E-state index contributed by atoms with van der Waals surface area (Å²) in [6.45, 7) is 0. The number of aromatic carboxylic acids is 1. The monoisotopic (exact) mass is 346 g/mol. The number of hydrogen-bond acceptors (Lipinski definition) is 4. The molecular formula is C21H18N2O3. The Bertz CT molecular complexity index is 920. The number of carbonyl (C=O) groups is 1. The van der Waals surface area contributed by atoms with Crippen LogP contribution in [0.2, 0.25) is 0 Å². The Hall–Kier alpha value is -3.60. The number of hydrogen-bond donors (Lipinski definition) is 2. The summed E-state index contributed by atoms with van der Waals surface area (Å²) in [6, 6.07) is 23.9. The number of methoxy groups -OCH3 is 1. The average Bonchev–Trinajstić information content (AvgIpc) is 2.69. The maximum absolute atomic E-state index is 11.1. The molecule has 2 N–H and O–H groups in total. The van der Waals surface area contributed by atoms with E-state index in [0.29, 0.717) is 5.69 Å². The van der Waals surface area contributed by atoms with Gasteiger partial charge in [-0.1, -0.05) is 36.4 Å². The van der Waals surface area contributed by atoms with Crippen molar-refractivity contribution < 1.29 is 14.6 Å². The van der Waals surface area contributed by atoms with Crippen LogP contribution in [0.3, 0.4) is 0 Å². The fourth-order valence-corrected chi connectivity index (χ4v) is 2.48. The molecule has 3 rings (SSSR count). The van der Waals surface area contributed by atoms with Crippen LogP contribution in [0.5, 0.6) is 5.75 Å². The number of nitrogens with zero attached hydrogens (tertiary/aromatic N) is 1. The molecule has 0 unspecified atom stereocenters. The maximum Gasteiger partial charge on any atom is 0.335 e. The topological polar surface area (TPSA) is 70.9 Å². The molecule has 0 saturated carbocycles. The van der Waals surface area contributed by atoms with Crippen LogP contribution < -0.4 is 10.2 Å². The second-order valence-electron chi connectivity index (χ2n) is 5.55. The van der Waals surface area contributed by atoms with Crippen LogP contribution in [0, 0.1) is 0 Å². The van der Waals surface area contributed by atoms with E-state index in [4.69, 9.17) is 9.84 Å². The lowest BCUT2D eigenvalue weighted by atomic mass is 10.0. The minimum Gasteiger partial charge on any atom is -0.497 e. The minimum atomic E-state index is -0.976. The smallest absolute Gasteiger partial charge is 0.335 e. The van der Waals surface area contributed by atoms with E-state index >= 15 is 0 Å². The van der Waals surface area contributed by atoms with Crippen LogP contribution in [0.4, 0.5) is 5.69 Å². The van der Waals surface area contributed by atoms with Gasteiger partial charge in [-0.15, -0.1) is 0 Å². The summed E-state index contributed by atoms with van der Waals surface area (Å²) in [7, 11) is 1.62. The summed E-state index contributed by atoms with van der Waals surface area (Å²) in [4.78, 5) is 11.1. The first-order chi connectivity index (χ1) is 12.7.